The molecule has 0 bridgehead atoms. The Balaban J connectivity index is 1.69. The molecule has 1 fully saturated rings. The number of aromatic nitrogens is 1. The predicted molar refractivity (Wildman–Crippen MR) is 96.5 cm³/mol. The van der Waals surface area contributed by atoms with E-state index in [-0.39, 0.29) is 5.91 Å². The maximum atomic E-state index is 12.4. The Morgan fingerprint density at radius 3 is 2.57 bits per heavy atom. The minimum Gasteiger partial charge on any atom is -0.372 e. The minimum absolute atomic E-state index is 0.117. The van der Waals surface area contributed by atoms with Gasteiger partial charge in [-0.15, -0.1) is 11.8 Å². The first-order chi connectivity index (χ1) is 11.3. The van der Waals surface area contributed by atoms with Crippen molar-refractivity contribution in [2.45, 2.75) is 24.3 Å². The third-order valence-electron chi connectivity index (χ3n) is 4.06. The van der Waals surface area contributed by atoms with Gasteiger partial charge in [-0.05, 0) is 61.9 Å². The van der Waals surface area contributed by atoms with Gasteiger partial charge in [0.15, 0.2) is 0 Å². The van der Waals surface area contributed by atoms with Crippen molar-refractivity contribution in [1.82, 2.24) is 4.98 Å². The Hall–Kier alpha value is -2.01. The molecular weight excluding hydrogens is 306 g/mol. The highest BCUT2D eigenvalue weighted by Crippen LogP contribution is 2.23. The average Bonchev–Trinajstić information content (AvgIpc) is 2.63. The Labute approximate surface area is 141 Å². The summed E-state index contributed by atoms with van der Waals surface area (Å²) in [5, 5.41) is 3.70. The molecule has 0 aliphatic carbocycles. The average molecular weight is 327 g/mol. The molecular formula is C18H21N3OS. The van der Waals surface area contributed by atoms with Crippen LogP contribution in [0.25, 0.3) is 0 Å². The molecule has 1 aromatic carbocycles. The first-order valence-corrected chi connectivity index (χ1v) is 9.16. The van der Waals surface area contributed by atoms with Gasteiger partial charge in [-0.25, -0.2) is 4.98 Å². The van der Waals surface area contributed by atoms with Crippen LogP contribution in [0.15, 0.2) is 47.6 Å². The van der Waals surface area contributed by atoms with E-state index in [9.17, 15) is 4.79 Å². The second kappa shape index (κ2) is 7.51. The van der Waals surface area contributed by atoms with Crippen molar-refractivity contribution in [3.63, 3.8) is 0 Å². The summed E-state index contributed by atoms with van der Waals surface area (Å²) >= 11 is 1.48. The molecule has 0 unspecified atom stereocenters. The SMILES string of the molecule is CSc1ncccc1C(=O)Nc1ccc(N2CCCCC2)cc1. The number of rotatable bonds is 4. The topological polar surface area (TPSA) is 45.2 Å². The zero-order valence-corrected chi connectivity index (χ0v) is 14.1. The van der Waals surface area contributed by atoms with Gasteiger partial charge in [-0.3, -0.25) is 4.79 Å². The molecule has 1 amide bonds. The first kappa shape index (κ1) is 15.9. The predicted octanol–water partition coefficient (Wildman–Crippen LogP) is 4.05. The lowest BCUT2D eigenvalue weighted by atomic mass is 10.1. The fraction of sp³-hybridized carbons (Fsp3) is 0.333. The van der Waals surface area contributed by atoms with E-state index in [1.807, 2.05) is 18.4 Å². The standard InChI is InChI=1S/C18H21N3OS/c1-23-18-16(6-5-11-19-18)17(22)20-14-7-9-15(10-8-14)21-12-3-2-4-13-21/h5-11H,2-4,12-13H2,1H3,(H,20,22). The number of nitrogens with zero attached hydrogens (tertiary/aromatic N) is 2. The van der Waals surface area contributed by atoms with Crippen LogP contribution in [0, 0.1) is 0 Å². The van der Waals surface area contributed by atoms with Gasteiger partial charge in [0, 0.05) is 30.7 Å². The molecule has 23 heavy (non-hydrogen) atoms. The van der Waals surface area contributed by atoms with Crippen molar-refractivity contribution in [2.75, 3.05) is 29.6 Å². The highest BCUT2D eigenvalue weighted by Gasteiger charge is 2.13. The summed E-state index contributed by atoms with van der Waals surface area (Å²) in [4.78, 5) is 19.0. The lowest BCUT2D eigenvalue weighted by Crippen LogP contribution is -2.29. The number of carbonyl (C=O) groups excluding carboxylic acids is 1. The molecule has 4 nitrogen and oxygen atoms in total. The van der Waals surface area contributed by atoms with Gasteiger partial charge >= 0.3 is 0 Å². The number of anilines is 2. The van der Waals surface area contributed by atoms with E-state index in [1.165, 1.54) is 36.7 Å². The number of thioether (sulfide) groups is 1. The maximum Gasteiger partial charge on any atom is 0.258 e. The molecule has 1 aromatic heterocycles. The number of nitrogens with one attached hydrogen (secondary N) is 1. The monoisotopic (exact) mass is 327 g/mol. The summed E-state index contributed by atoms with van der Waals surface area (Å²) in [5.41, 5.74) is 2.65. The van der Waals surface area contributed by atoms with Gasteiger partial charge in [-0.2, -0.15) is 0 Å². The fourth-order valence-electron chi connectivity index (χ4n) is 2.83. The number of hydrogen-bond donors (Lipinski definition) is 1. The van der Waals surface area contributed by atoms with E-state index in [2.05, 4.69) is 27.3 Å². The van der Waals surface area contributed by atoms with Gasteiger partial charge in [0.05, 0.1) is 5.56 Å². The largest absolute Gasteiger partial charge is 0.372 e. The Morgan fingerprint density at radius 2 is 1.87 bits per heavy atom. The normalized spacial score (nSPS) is 14.6. The van der Waals surface area contributed by atoms with Crippen LogP contribution in [0.5, 0.6) is 0 Å². The van der Waals surface area contributed by atoms with E-state index in [1.54, 1.807) is 18.3 Å². The zero-order valence-electron chi connectivity index (χ0n) is 13.3. The third kappa shape index (κ3) is 3.85. The van der Waals surface area contributed by atoms with Crippen molar-refractivity contribution in [2.24, 2.45) is 0 Å². The number of carbonyl (C=O) groups is 1. The quantitative estimate of drug-likeness (QED) is 0.861. The third-order valence-corrected chi connectivity index (χ3v) is 4.77. The molecule has 0 atom stereocenters. The highest BCUT2D eigenvalue weighted by molar-refractivity contribution is 7.98. The molecule has 3 rings (SSSR count). The van der Waals surface area contributed by atoms with Crippen LogP contribution >= 0.6 is 11.8 Å². The summed E-state index contributed by atoms with van der Waals surface area (Å²) in [6.45, 7) is 2.25. The van der Waals surface area contributed by atoms with Crippen LogP contribution in [-0.2, 0) is 0 Å². The summed E-state index contributed by atoms with van der Waals surface area (Å²) in [7, 11) is 0. The smallest absolute Gasteiger partial charge is 0.258 e. The number of hydrogen-bond acceptors (Lipinski definition) is 4. The van der Waals surface area contributed by atoms with Crippen LogP contribution in [0.4, 0.5) is 11.4 Å². The summed E-state index contributed by atoms with van der Waals surface area (Å²) in [5.74, 6) is -0.117. The van der Waals surface area contributed by atoms with E-state index in [0.29, 0.717) is 5.56 Å². The Kier molecular flexibility index (Phi) is 5.18. The highest BCUT2D eigenvalue weighted by atomic mass is 32.2. The van der Waals surface area contributed by atoms with Gasteiger partial charge < -0.3 is 10.2 Å². The van der Waals surface area contributed by atoms with E-state index in [4.69, 9.17) is 0 Å². The molecule has 2 aromatic rings. The fourth-order valence-corrected chi connectivity index (χ4v) is 3.38. The first-order valence-electron chi connectivity index (χ1n) is 7.93. The van der Waals surface area contributed by atoms with Crippen LogP contribution in [-0.4, -0.2) is 30.2 Å². The van der Waals surface area contributed by atoms with Crippen LogP contribution < -0.4 is 10.2 Å². The van der Waals surface area contributed by atoms with Gasteiger partial charge in [-0.1, -0.05) is 0 Å². The molecule has 1 aliphatic heterocycles. The molecule has 0 spiro atoms. The number of benzene rings is 1. The molecule has 5 heteroatoms. The molecule has 120 valence electrons. The molecule has 1 aliphatic rings. The van der Waals surface area contributed by atoms with Gasteiger partial charge in [0.1, 0.15) is 5.03 Å². The van der Waals surface area contributed by atoms with Crippen molar-refractivity contribution in [3.8, 4) is 0 Å². The number of amides is 1. The molecule has 0 radical (unpaired) electrons. The van der Waals surface area contributed by atoms with Crippen LogP contribution in [0.3, 0.4) is 0 Å². The Morgan fingerprint density at radius 1 is 1.13 bits per heavy atom. The zero-order chi connectivity index (χ0) is 16.1. The summed E-state index contributed by atoms with van der Waals surface area (Å²) in [6, 6.07) is 11.7. The van der Waals surface area contributed by atoms with Crippen molar-refractivity contribution in [1.29, 1.82) is 0 Å². The molecule has 0 saturated carbocycles. The van der Waals surface area contributed by atoms with Crippen molar-refractivity contribution >= 4 is 29.0 Å². The summed E-state index contributed by atoms with van der Waals surface area (Å²) in [6.07, 6.45) is 7.48. The van der Waals surface area contributed by atoms with Crippen LogP contribution in [0.1, 0.15) is 29.6 Å². The lowest BCUT2D eigenvalue weighted by Gasteiger charge is -2.28. The second-order valence-corrected chi connectivity index (χ2v) is 6.40. The van der Waals surface area contributed by atoms with Gasteiger partial charge in [0.2, 0.25) is 0 Å². The van der Waals surface area contributed by atoms with Crippen molar-refractivity contribution < 1.29 is 4.79 Å². The summed E-state index contributed by atoms with van der Waals surface area (Å²) < 4.78 is 0. The molecule has 1 saturated heterocycles. The van der Waals surface area contributed by atoms with E-state index < -0.39 is 0 Å². The number of pyridine rings is 1. The molecule has 2 heterocycles. The van der Waals surface area contributed by atoms with E-state index in [0.717, 1.165) is 23.8 Å². The van der Waals surface area contributed by atoms with Crippen molar-refractivity contribution in [3.05, 3.63) is 48.2 Å². The molecule has 1 N–H and O–H groups in total. The van der Waals surface area contributed by atoms with Gasteiger partial charge in [0.25, 0.3) is 5.91 Å². The minimum atomic E-state index is -0.117. The van der Waals surface area contributed by atoms with Crippen LogP contribution in [0.2, 0.25) is 0 Å². The lowest BCUT2D eigenvalue weighted by molar-refractivity contribution is 0.102. The second-order valence-electron chi connectivity index (χ2n) is 5.61. The van der Waals surface area contributed by atoms with E-state index >= 15 is 0 Å². The Bertz CT molecular complexity index is 666. The number of piperidine rings is 1. The maximum absolute atomic E-state index is 12.4.